The summed E-state index contributed by atoms with van der Waals surface area (Å²) >= 11 is 0. The molecule has 1 aliphatic carbocycles. The Morgan fingerprint density at radius 1 is 0.955 bits per heavy atom. The van der Waals surface area contributed by atoms with Crippen LogP contribution in [-0.4, -0.2) is 12.6 Å². The fraction of sp³-hybridized carbons (Fsp3) is 0.316. The first-order chi connectivity index (χ1) is 10.7. The normalized spacial score (nSPS) is 13.3. The van der Waals surface area contributed by atoms with Gasteiger partial charge in [-0.25, -0.2) is 4.79 Å². The Balaban J connectivity index is 1.56. The average Bonchev–Trinajstić information content (AvgIpc) is 2.54. The lowest BCUT2D eigenvalue weighted by atomic mass is 9.92. The highest BCUT2D eigenvalue weighted by molar-refractivity contribution is 5.74. The summed E-state index contributed by atoms with van der Waals surface area (Å²) in [4.78, 5) is 11.9. The second kappa shape index (κ2) is 6.65. The van der Waals surface area contributed by atoms with E-state index in [1.165, 1.54) is 24.0 Å². The van der Waals surface area contributed by atoms with Crippen molar-refractivity contribution < 1.29 is 14.3 Å². The number of aryl methyl sites for hydroxylation is 3. The number of hydrogen-bond acceptors (Lipinski definition) is 3. The number of rotatable bonds is 4. The summed E-state index contributed by atoms with van der Waals surface area (Å²) in [6.45, 7) is 1.92. The first-order valence-corrected chi connectivity index (χ1v) is 7.73. The molecule has 0 spiro atoms. The van der Waals surface area contributed by atoms with Gasteiger partial charge in [0.1, 0.15) is 11.5 Å². The van der Waals surface area contributed by atoms with E-state index in [9.17, 15) is 4.79 Å². The molecular weight excluding hydrogens is 276 g/mol. The molecule has 1 aliphatic rings. The Hall–Kier alpha value is -2.29. The van der Waals surface area contributed by atoms with Gasteiger partial charge in [-0.05, 0) is 68.0 Å². The van der Waals surface area contributed by atoms with E-state index in [4.69, 9.17) is 9.47 Å². The molecule has 0 bridgehead atoms. The van der Waals surface area contributed by atoms with E-state index in [0.717, 1.165) is 18.4 Å². The molecule has 2 aromatic rings. The molecule has 22 heavy (non-hydrogen) atoms. The fourth-order valence-corrected chi connectivity index (χ4v) is 2.71. The zero-order chi connectivity index (χ0) is 15.4. The molecule has 0 saturated carbocycles. The molecule has 0 heterocycles. The number of esters is 1. The SMILES string of the molecule is Cc1ccc(OCC(=O)Oc2ccc3c(c2)CCCC3)cc1. The monoisotopic (exact) mass is 296 g/mol. The number of carbonyl (C=O) groups is 1. The van der Waals surface area contributed by atoms with Crippen molar-refractivity contribution in [1.29, 1.82) is 0 Å². The van der Waals surface area contributed by atoms with Gasteiger partial charge in [-0.1, -0.05) is 23.8 Å². The fourth-order valence-electron chi connectivity index (χ4n) is 2.71. The smallest absolute Gasteiger partial charge is 0.349 e. The molecule has 0 amide bonds. The van der Waals surface area contributed by atoms with E-state index < -0.39 is 0 Å². The van der Waals surface area contributed by atoms with Gasteiger partial charge in [0, 0.05) is 0 Å². The lowest BCUT2D eigenvalue weighted by Crippen LogP contribution is -2.18. The molecule has 0 atom stereocenters. The molecule has 3 rings (SSSR count). The summed E-state index contributed by atoms with van der Waals surface area (Å²) < 4.78 is 10.8. The van der Waals surface area contributed by atoms with Gasteiger partial charge in [0.15, 0.2) is 6.61 Å². The molecule has 0 aliphatic heterocycles. The van der Waals surface area contributed by atoms with Crippen LogP contribution in [0.2, 0.25) is 0 Å². The van der Waals surface area contributed by atoms with Gasteiger partial charge in [0.05, 0.1) is 0 Å². The van der Waals surface area contributed by atoms with Crippen LogP contribution < -0.4 is 9.47 Å². The summed E-state index contributed by atoms with van der Waals surface area (Å²) in [7, 11) is 0. The number of hydrogen-bond donors (Lipinski definition) is 0. The van der Waals surface area contributed by atoms with Crippen LogP contribution in [-0.2, 0) is 17.6 Å². The minimum absolute atomic E-state index is 0.0832. The third-order valence-electron chi connectivity index (χ3n) is 3.93. The largest absolute Gasteiger partial charge is 0.482 e. The molecule has 0 aromatic heterocycles. The minimum Gasteiger partial charge on any atom is -0.482 e. The van der Waals surface area contributed by atoms with Crippen molar-refractivity contribution in [3.63, 3.8) is 0 Å². The van der Waals surface area contributed by atoms with Gasteiger partial charge in [-0.2, -0.15) is 0 Å². The summed E-state index contributed by atoms with van der Waals surface area (Å²) in [5.74, 6) is 0.905. The topological polar surface area (TPSA) is 35.5 Å². The van der Waals surface area contributed by atoms with Gasteiger partial charge in [0.2, 0.25) is 0 Å². The number of benzene rings is 2. The van der Waals surface area contributed by atoms with Crippen molar-refractivity contribution in [1.82, 2.24) is 0 Å². The highest BCUT2D eigenvalue weighted by atomic mass is 16.6. The number of ether oxygens (including phenoxy) is 2. The Morgan fingerprint density at radius 2 is 1.64 bits per heavy atom. The van der Waals surface area contributed by atoms with Crippen LogP contribution in [0.1, 0.15) is 29.5 Å². The maximum absolute atomic E-state index is 11.9. The second-order valence-electron chi connectivity index (χ2n) is 5.71. The average molecular weight is 296 g/mol. The molecule has 0 fully saturated rings. The first kappa shape index (κ1) is 14.6. The van der Waals surface area contributed by atoms with Gasteiger partial charge in [-0.15, -0.1) is 0 Å². The van der Waals surface area contributed by atoms with Gasteiger partial charge >= 0.3 is 5.97 Å². The van der Waals surface area contributed by atoms with Crippen LogP contribution in [0, 0.1) is 6.92 Å². The Morgan fingerprint density at radius 3 is 2.41 bits per heavy atom. The van der Waals surface area contributed by atoms with Gasteiger partial charge in [-0.3, -0.25) is 0 Å². The van der Waals surface area contributed by atoms with Crippen molar-refractivity contribution in [2.45, 2.75) is 32.6 Å². The summed E-state index contributed by atoms with van der Waals surface area (Å²) in [5, 5.41) is 0. The molecule has 0 N–H and O–H groups in total. The minimum atomic E-state index is -0.378. The van der Waals surface area contributed by atoms with Crippen molar-refractivity contribution in [3.8, 4) is 11.5 Å². The Bertz CT molecular complexity index is 659. The van der Waals surface area contributed by atoms with Gasteiger partial charge < -0.3 is 9.47 Å². The highest BCUT2D eigenvalue weighted by Crippen LogP contribution is 2.25. The van der Waals surface area contributed by atoms with E-state index in [0.29, 0.717) is 11.5 Å². The summed E-state index contributed by atoms with van der Waals surface area (Å²) in [6.07, 6.45) is 4.65. The maximum Gasteiger partial charge on any atom is 0.349 e. The maximum atomic E-state index is 11.9. The number of fused-ring (bicyclic) bond motifs is 1. The standard InChI is InChI=1S/C19H20O3/c1-14-6-9-17(10-7-14)21-13-19(20)22-18-11-8-15-4-2-3-5-16(15)12-18/h6-12H,2-5,13H2,1H3. The zero-order valence-corrected chi connectivity index (χ0v) is 12.8. The quantitative estimate of drug-likeness (QED) is 0.635. The molecule has 0 unspecified atom stereocenters. The molecular formula is C19H20O3. The molecule has 0 radical (unpaired) electrons. The van der Waals surface area contributed by atoms with E-state index in [1.807, 2.05) is 43.3 Å². The zero-order valence-electron chi connectivity index (χ0n) is 12.8. The molecule has 3 heteroatoms. The third-order valence-corrected chi connectivity index (χ3v) is 3.93. The lowest BCUT2D eigenvalue weighted by Gasteiger charge is -2.16. The van der Waals surface area contributed by atoms with E-state index >= 15 is 0 Å². The van der Waals surface area contributed by atoms with Crippen LogP contribution in [0.25, 0.3) is 0 Å². The van der Waals surface area contributed by atoms with E-state index in [2.05, 4.69) is 6.07 Å². The predicted octanol–water partition coefficient (Wildman–Crippen LogP) is 3.86. The van der Waals surface area contributed by atoms with Crippen molar-refractivity contribution in [2.24, 2.45) is 0 Å². The van der Waals surface area contributed by atoms with E-state index in [-0.39, 0.29) is 12.6 Å². The highest BCUT2D eigenvalue weighted by Gasteiger charge is 2.12. The predicted molar refractivity (Wildman–Crippen MR) is 85.4 cm³/mol. The molecule has 114 valence electrons. The van der Waals surface area contributed by atoms with Crippen LogP contribution in [0.5, 0.6) is 11.5 Å². The van der Waals surface area contributed by atoms with Crippen molar-refractivity contribution in [3.05, 3.63) is 59.2 Å². The van der Waals surface area contributed by atoms with E-state index in [1.54, 1.807) is 0 Å². The molecule has 3 nitrogen and oxygen atoms in total. The van der Waals surface area contributed by atoms with Crippen molar-refractivity contribution in [2.75, 3.05) is 6.61 Å². The Kier molecular flexibility index (Phi) is 4.42. The van der Waals surface area contributed by atoms with Crippen LogP contribution in [0.4, 0.5) is 0 Å². The second-order valence-corrected chi connectivity index (χ2v) is 5.71. The molecule has 0 saturated heterocycles. The molecule has 2 aromatic carbocycles. The Labute approximate surface area is 130 Å². The summed E-state index contributed by atoms with van der Waals surface area (Å²) in [6, 6.07) is 13.5. The van der Waals surface area contributed by atoms with Crippen molar-refractivity contribution >= 4 is 5.97 Å². The van der Waals surface area contributed by atoms with Gasteiger partial charge in [0.25, 0.3) is 0 Å². The lowest BCUT2D eigenvalue weighted by molar-refractivity contribution is -0.136. The van der Waals surface area contributed by atoms with Crippen LogP contribution >= 0.6 is 0 Å². The van der Waals surface area contributed by atoms with Crippen LogP contribution in [0.3, 0.4) is 0 Å². The first-order valence-electron chi connectivity index (χ1n) is 7.73. The number of carbonyl (C=O) groups excluding carboxylic acids is 1. The van der Waals surface area contributed by atoms with Crippen LogP contribution in [0.15, 0.2) is 42.5 Å². The summed E-state index contributed by atoms with van der Waals surface area (Å²) in [5.41, 5.74) is 3.84. The third kappa shape index (κ3) is 3.67.